The van der Waals surface area contributed by atoms with Crippen LogP contribution in [0.15, 0.2) is 18.2 Å². The summed E-state index contributed by atoms with van der Waals surface area (Å²) in [4.78, 5) is 28.9. The Kier molecular flexibility index (Phi) is 8.49. The predicted molar refractivity (Wildman–Crippen MR) is 92.5 cm³/mol. The van der Waals surface area contributed by atoms with Crippen LogP contribution in [0.1, 0.15) is 26.3 Å². The standard InChI is InChI=1S/C16H24N2O7S/c1-5-18(26(22)23)15(10(2)3)16(21)25-17-14(20)9-11-6-7-12(19)13(8-11)24-4/h6-8,10,15,19H,5,9H2,1-4H3,(H,17,20)(H,22,23)/p-1. The average Bonchev–Trinajstić information content (AvgIpc) is 2.58. The van der Waals surface area contributed by atoms with E-state index in [0.29, 0.717) is 5.56 Å². The van der Waals surface area contributed by atoms with Gasteiger partial charge in [0.2, 0.25) is 0 Å². The molecule has 0 fully saturated rings. The van der Waals surface area contributed by atoms with Gasteiger partial charge in [-0.3, -0.25) is 9.00 Å². The number of phenolic OH excluding ortho intramolecular Hbond substituents is 1. The number of nitrogens with zero attached hydrogens (tertiary/aromatic N) is 1. The van der Waals surface area contributed by atoms with Crippen molar-refractivity contribution in [2.45, 2.75) is 33.2 Å². The normalized spacial score (nSPS) is 13.3. The van der Waals surface area contributed by atoms with E-state index in [0.717, 1.165) is 4.31 Å². The lowest BCUT2D eigenvalue weighted by molar-refractivity contribution is -0.163. The third kappa shape index (κ3) is 5.97. The van der Waals surface area contributed by atoms with E-state index in [9.17, 15) is 23.5 Å². The first kappa shape index (κ1) is 21.9. The highest BCUT2D eigenvalue weighted by molar-refractivity contribution is 7.76. The van der Waals surface area contributed by atoms with Gasteiger partial charge in [0.05, 0.1) is 13.5 Å². The minimum absolute atomic E-state index is 0.0619. The molecule has 9 nitrogen and oxygen atoms in total. The molecule has 0 aliphatic carbocycles. The summed E-state index contributed by atoms with van der Waals surface area (Å²) in [6.07, 6.45) is -0.124. The molecule has 0 heterocycles. The van der Waals surface area contributed by atoms with Gasteiger partial charge in [0.25, 0.3) is 5.91 Å². The number of methoxy groups -OCH3 is 1. The molecular formula is C16H23N2O7S-. The average molecular weight is 387 g/mol. The van der Waals surface area contributed by atoms with E-state index in [1.807, 2.05) is 5.48 Å². The fourth-order valence-corrected chi connectivity index (χ4v) is 3.06. The molecule has 26 heavy (non-hydrogen) atoms. The zero-order valence-corrected chi connectivity index (χ0v) is 15.9. The first-order valence-corrected chi connectivity index (χ1v) is 8.95. The number of hydrogen-bond donors (Lipinski definition) is 2. The van der Waals surface area contributed by atoms with Gasteiger partial charge in [-0.05, 0) is 23.6 Å². The van der Waals surface area contributed by atoms with Crippen LogP contribution < -0.4 is 10.2 Å². The van der Waals surface area contributed by atoms with Crippen molar-refractivity contribution in [2.75, 3.05) is 13.7 Å². The van der Waals surface area contributed by atoms with E-state index < -0.39 is 29.2 Å². The number of hydroxylamine groups is 1. The van der Waals surface area contributed by atoms with E-state index in [2.05, 4.69) is 0 Å². The Labute approximate surface area is 154 Å². The summed E-state index contributed by atoms with van der Waals surface area (Å²) in [6, 6.07) is 3.33. The molecule has 0 saturated carbocycles. The summed E-state index contributed by atoms with van der Waals surface area (Å²) in [7, 11) is 1.38. The van der Waals surface area contributed by atoms with Crippen molar-refractivity contribution in [3.05, 3.63) is 23.8 Å². The highest BCUT2D eigenvalue weighted by atomic mass is 32.2. The molecular weight excluding hydrogens is 364 g/mol. The Morgan fingerprint density at radius 3 is 2.54 bits per heavy atom. The minimum Gasteiger partial charge on any atom is -0.760 e. The van der Waals surface area contributed by atoms with Crippen molar-refractivity contribution in [1.29, 1.82) is 0 Å². The minimum atomic E-state index is -2.59. The van der Waals surface area contributed by atoms with Crippen molar-refractivity contribution in [3.63, 3.8) is 0 Å². The third-order valence-electron chi connectivity index (χ3n) is 3.56. The van der Waals surface area contributed by atoms with Crippen LogP contribution in [0.5, 0.6) is 11.5 Å². The Hall–Kier alpha value is -2.17. The molecule has 0 aromatic heterocycles. The van der Waals surface area contributed by atoms with Gasteiger partial charge in [0.15, 0.2) is 11.5 Å². The molecule has 10 heteroatoms. The first-order chi connectivity index (χ1) is 12.2. The topological polar surface area (TPSA) is 128 Å². The number of carbonyl (C=O) groups is 2. The molecule has 0 bridgehead atoms. The number of likely N-dealkylation sites (N-methyl/N-ethyl adjacent to an activating group) is 1. The maximum Gasteiger partial charge on any atom is 0.350 e. The van der Waals surface area contributed by atoms with Crippen LogP contribution in [-0.4, -0.2) is 49.7 Å². The Morgan fingerprint density at radius 2 is 2.04 bits per heavy atom. The number of amides is 1. The number of benzene rings is 1. The summed E-state index contributed by atoms with van der Waals surface area (Å²) in [6.45, 7) is 5.03. The number of phenols is 1. The smallest absolute Gasteiger partial charge is 0.350 e. The second-order valence-electron chi connectivity index (χ2n) is 5.77. The maximum absolute atomic E-state index is 12.2. The Balaban J connectivity index is 2.70. The first-order valence-electron chi connectivity index (χ1n) is 7.92. The van der Waals surface area contributed by atoms with Crippen LogP contribution in [0, 0.1) is 5.92 Å². The molecule has 1 amide bonds. The van der Waals surface area contributed by atoms with Gasteiger partial charge in [-0.25, -0.2) is 9.10 Å². The molecule has 0 radical (unpaired) electrons. The highest BCUT2D eigenvalue weighted by Gasteiger charge is 2.31. The number of rotatable bonds is 8. The summed E-state index contributed by atoms with van der Waals surface area (Å²) in [5.41, 5.74) is 2.55. The number of aromatic hydroxyl groups is 1. The van der Waals surface area contributed by atoms with Crippen LogP contribution in [0.4, 0.5) is 0 Å². The van der Waals surface area contributed by atoms with Gasteiger partial charge in [-0.1, -0.05) is 26.8 Å². The molecule has 2 atom stereocenters. The van der Waals surface area contributed by atoms with Crippen LogP contribution in [-0.2, 0) is 32.1 Å². The van der Waals surface area contributed by atoms with E-state index >= 15 is 0 Å². The van der Waals surface area contributed by atoms with Crippen molar-refractivity contribution in [1.82, 2.24) is 9.79 Å². The highest BCUT2D eigenvalue weighted by Crippen LogP contribution is 2.26. The van der Waals surface area contributed by atoms with Gasteiger partial charge >= 0.3 is 5.97 Å². The SMILES string of the molecule is CCN(C(C(=O)ONC(=O)Cc1ccc(O)c(OC)c1)C(C)C)S(=O)[O-]. The third-order valence-corrected chi connectivity index (χ3v) is 4.43. The molecule has 0 spiro atoms. The van der Waals surface area contributed by atoms with Crippen LogP contribution >= 0.6 is 0 Å². The van der Waals surface area contributed by atoms with Gasteiger partial charge in [0.1, 0.15) is 6.04 Å². The molecule has 1 aromatic carbocycles. The van der Waals surface area contributed by atoms with Crippen molar-refractivity contribution in [2.24, 2.45) is 5.92 Å². The summed E-state index contributed by atoms with van der Waals surface area (Å²) in [5, 5.41) is 9.53. The molecule has 2 N–H and O–H groups in total. The molecule has 0 saturated heterocycles. The fraction of sp³-hybridized carbons (Fsp3) is 0.500. The number of ether oxygens (including phenoxy) is 1. The maximum atomic E-state index is 12.2. The lowest BCUT2D eigenvalue weighted by atomic mass is 10.1. The van der Waals surface area contributed by atoms with E-state index in [1.54, 1.807) is 20.8 Å². The largest absolute Gasteiger partial charge is 0.760 e. The quantitative estimate of drug-likeness (QED) is 0.495. The predicted octanol–water partition coefficient (Wildman–Crippen LogP) is 0.658. The number of nitrogens with one attached hydrogen (secondary N) is 1. The lowest BCUT2D eigenvalue weighted by Gasteiger charge is -2.32. The van der Waals surface area contributed by atoms with Crippen molar-refractivity contribution >= 4 is 23.1 Å². The zero-order chi connectivity index (χ0) is 19.9. The van der Waals surface area contributed by atoms with Gasteiger partial charge in [-0.15, -0.1) is 0 Å². The fourth-order valence-electron chi connectivity index (χ4n) is 2.34. The number of hydrogen-bond acceptors (Lipinski definition) is 7. The van der Waals surface area contributed by atoms with Crippen molar-refractivity contribution < 1.29 is 33.0 Å². The summed E-state index contributed by atoms with van der Waals surface area (Å²) >= 11 is -2.59. The second-order valence-corrected chi connectivity index (χ2v) is 6.67. The van der Waals surface area contributed by atoms with Crippen LogP contribution in [0.25, 0.3) is 0 Å². The summed E-state index contributed by atoms with van der Waals surface area (Å²) < 4.78 is 28.4. The van der Waals surface area contributed by atoms with E-state index in [-0.39, 0.29) is 30.4 Å². The van der Waals surface area contributed by atoms with Gasteiger partial charge in [0, 0.05) is 17.8 Å². The lowest BCUT2D eigenvalue weighted by Crippen LogP contribution is -2.48. The molecule has 0 aliphatic rings. The Bertz CT molecular complexity index is 666. The molecule has 1 rings (SSSR count). The molecule has 146 valence electrons. The molecule has 0 aliphatic heterocycles. The zero-order valence-electron chi connectivity index (χ0n) is 15.1. The van der Waals surface area contributed by atoms with Crippen LogP contribution in [0.2, 0.25) is 0 Å². The molecule has 1 aromatic rings. The van der Waals surface area contributed by atoms with E-state index in [1.165, 1.54) is 25.3 Å². The molecule has 2 unspecified atom stereocenters. The number of carbonyl (C=O) groups excluding carboxylic acids is 2. The summed E-state index contributed by atoms with van der Waals surface area (Å²) in [5.74, 6) is -1.68. The Morgan fingerprint density at radius 1 is 1.38 bits per heavy atom. The van der Waals surface area contributed by atoms with Gasteiger partial charge in [-0.2, -0.15) is 5.48 Å². The van der Waals surface area contributed by atoms with Gasteiger partial charge < -0.3 is 19.2 Å². The van der Waals surface area contributed by atoms with Crippen LogP contribution in [0.3, 0.4) is 0 Å². The van der Waals surface area contributed by atoms with Crippen molar-refractivity contribution in [3.8, 4) is 11.5 Å². The monoisotopic (exact) mass is 387 g/mol. The van der Waals surface area contributed by atoms with E-state index in [4.69, 9.17) is 9.57 Å². The second kappa shape index (κ2) is 10.1.